The summed E-state index contributed by atoms with van der Waals surface area (Å²) in [5, 5.41) is 3.69. The standard InChI is InChI=1S/C14H29N/c1-3-11-15-14(4-2)12-13-9-7-5-6-8-10-13/h13-15H,3-12H2,1-2H3. The second-order valence-electron chi connectivity index (χ2n) is 5.15. The molecule has 1 aliphatic carbocycles. The van der Waals surface area contributed by atoms with E-state index in [1.54, 1.807) is 0 Å². The van der Waals surface area contributed by atoms with Crippen LogP contribution in [0.3, 0.4) is 0 Å². The smallest absolute Gasteiger partial charge is 0.00670 e. The van der Waals surface area contributed by atoms with Crippen LogP contribution in [-0.4, -0.2) is 12.6 Å². The molecule has 0 aromatic rings. The summed E-state index contributed by atoms with van der Waals surface area (Å²) in [5.74, 6) is 1.02. The van der Waals surface area contributed by atoms with Gasteiger partial charge in [0.2, 0.25) is 0 Å². The Bertz CT molecular complexity index is 136. The summed E-state index contributed by atoms with van der Waals surface area (Å²) < 4.78 is 0. The maximum atomic E-state index is 3.69. The normalized spacial score (nSPS) is 21.2. The first-order valence-corrected chi connectivity index (χ1v) is 7.10. The van der Waals surface area contributed by atoms with E-state index in [-0.39, 0.29) is 0 Å². The average molecular weight is 211 g/mol. The Labute approximate surface area is 96.0 Å². The maximum absolute atomic E-state index is 3.69. The minimum atomic E-state index is 0.785. The molecule has 15 heavy (non-hydrogen) atoms. The molecule has 0 aromatic carbocycles. The van der Waals surface area contributed by atoms with Gasteiger partial charge < -0.3 is 5.32 Å². The van der Waals surface area contributed by atoms with Crippen LogP contribution in [0.5, 0.6) is 0 Å². The number of hydrogen-bond donors (Lipinski definition) is 1. The quantitative estimate of drug-likeness (QED) is 0.652. The van der Waals surface area contributed by atoms with Crippen molar-refractivity contribution in [3.8, 4) is 0 Å². The molecule has 90 valence electrons. The van der Waals surface area contributed by atoms with Crippen molar-refractivity contribution in [2.75, 3.05) is 6.54 Å². The number of nitrogens with one attached hydrogen (secondary N) is 1. The molecule has 0 heterocycles. The second kappa shape index (κ2) is 8.15. The van der Waals surface area contributed by atoms with Gasteiger partial charge in [0.1, 0.15) is 0 Å². The molecule has 1 rings (SSSR count). The summed E-state index contributed by atoms with van der Waals surface area (Å²) in [6, 6.07) is 0.785. The minimum Gasteiger partial charge on any atom is -0.314 e. The van der Waals surface area contributed by atoms with Gasteiger partial charge in [-0.1, -0.05) is 52.4 Å². The summed E-state index contributed by atoms with van der Waals surface area (Å²) >= 11 is 0. The van der Waals surface area contributed by atoms with Crippen LogP contribution >= 0.6 is 0 Å². The molecule has 1 aliphatic rings. The van der Waals surface area contributed by atoms with E-state index in [9.17, 15) is 0 Å². The molecule has 1 saturated carbocycles. The van der Waals surface area contributed by atoms with Crippen LogP contribution < -0.4 is 5.32 Å². The molecule has 1 atom stereocenters. The Morgan fingerprint density at radius 1 is 1.07 bits per heavy atom. The highest BCUT2D eigenvalue weighted by molar-refractivity contribution is 4.72. The minimum absolute atomic E-state index is 0.785. The summed E-state index contributed by atoms with van der Waals surface area (Å²) in [7, 11) is 0. The van der Waals surface area contributed by atoms with Crippen LogP contribution in [-0.2, 0) is 0 Å². The second-order valence-corrected chi connectivity index (χ2v) is 5.15. The van der Waals surface area contributed by atoms with Gasteiger partial charge >= 0.3 is 0 Å². The lowest BCUT2D eigenvalue weighted by Crippen LogP contribution is -2.31. The summed E-state index contributed by atoms with van der Waals surface area (Å²) in [6.45, 7) is 5.78. The first-order valence-electron chi connectivity index (χ1n) is 7.10. The van der Waals surface area contributed by atoms with Crippen molar-refractivity contribution < 1.29 is 0 Å². The monoisotopic (exact) mass is 211 g/mol. The topological polar surface area (TPSA) is 12.0 Å². The number of hydrogen-bond acceptors (Lipinski definition) is 1. The van der Waals surface area contributed by atoms with Gasteiger partial charge in [-0.3, -0.25) is 0 Å². The van der Waals surface area contributed by atoms with Crippen LogP contribution in [0, 0.1) is 5.92 Å². The van der Waals surface area contributed by atoms with Gasteiger partial charge in [-0.05, 0) is 31.7 Å². The highest BCUT2D eigenvalue weighted by Crippen LogP contribution is 2.26. The van der Waals surface area contributed by atoms with Gasteiger partial charge in [0, 0.05) is 6.04 Å². The first kappa shape index (κ1) is 13.0. The molecule has 1 fully saturated rings. The Kier molecular flexibility index (Phi) is 7.08. The van der Waals surface area contributed by atoms with E-state index in [0.717, 1.165) is 12.0 Å². The lowest BCUT2D eigenvalue weighted by atomic mass is 9.91. The maximum Gasteiger partial charge on any atom is 0.00670 e. The van der Waals surface area contributed by atoms with E-state index < -0.39 is 0 Å². The molecule has 0 radical (unpaired) electrons. The predicted octanol–water partition coefficient (Wildman–Crippen LogP) is 4.13. The average Bonchev–Trinajstić information content (AvgIpc) is 2.52. The molecule has 0 aliphatic heterocycles. The zero-order valence-corrected chi connectivity index (χ0v) is 10.7. The zero-order valence-electron chi connectivity index (χ0n) is 10.7. The van der Waals surface area contributed by atoms with Crippen molar-refractivity contribution in [2.45, 2.75) is 77.7 Å². The van der Waals surface area contributed by atoms with Crippen LogP contribution in [0.25, 0.3) is 0 Å². The van der Waals surface area contributed by atoms with Crippen molar-refractivity contribution >= 4 is 0 Å². The van der Waals surface area contributed by atoms with Crippen molar-refractivity contribution in [3.63, 3.8) is 0 Å². The van der Waals surface area contributed by atoms with Gasteiger partial charge in [-0.2, -0.15) is 0 Å². The fourth-order valence-corrected chi connectivity index (χ4v) is 2.74. The van der Waals surface area contributed by atoms with E-state index in [2.05, 4.69) is 19.2 Å². The zero-order chi connectivity index (χ0) is 10.9. The summed E-state index contributed by atoms with van der Waals surface area (Å²) in [5.41, 5.74) is 0. The van der Waals surface area contributed by atoms with Crippen molar-refractivity contribution in [1.82, 2.24) is 5.32 Å². The first-order chi connectivity index (χ1) is 7.36. The molecule has 0 bridgehead atoms. The van der Waals surface area contributed by atoms with E-state index in [1.165, 1.54) is 64.3 Å². The molecular weight excluding hydrogens is 182 g/mol. The highest BCUT2D eigenvalue weighted by Gasteiger charge is 2.16. The van der Waals surface area contributed by atoms with E-state index in [1.807, 2.05) is 0 Å². The molecule has 1 N–H and O–H groups in total. The fourth-order valence-electron chi connectivity index (χ4n) is 2.74. The van der Waals surface area contributed by atoms with Crippen LogP contribution in [0.4, 0.5) is 0 Å². The number of rotatable bonds is 6. The Morgan fingerprint density at radius 2 is 1.73 bits per heavy atom. The molecule has 0 aromatic heterocycles. The van der Waals surface area contributed by atoms with Gasteiger partial charge in [0.15, 0.2) is 0 Å². The largest absolute Gasteiger partial charge is 0.314 e. The molecule has 1 nitrogen and oxygen atoms in total. The molecule has 0 spiro atoms. The lowest BCUT2D eigenvalue weighted by molar-refractivity contribution is 0.345. The molecule has 1 unspecified atom stereocenters. The molecule has 1 heteroatoms. The van der Waals surface area contributed by atoms with E-state index in [0.29, 0.717) is 0 Å². The third kappa shape index (κ3) is 5.55. The Hall–Kier alpha value is -0.0400. The van der Waals surface area contributed by atoms with Gasteiger partial charge in [0.25, 0.3) is 0 Å². The van der Waals surface area contributed by atoms with E-state index >= 15 is 0 Å². The molecule has 0 amide bonds. The molecule has 0 saturated heterocycles. The van der Waals surface area contributed by atoms with Crippen molar-refractivity contribution in [2.24, 2.45) is 5.92 Å². The third-order valence-electron chi connectivity index (χ3n) is 3.77. The predicted molar refractivity (Wildman–Crippen MR) is 68.2 cm³/mol. The molecular formula is C14H29N. The Balaban J connectivity index is 2.22. The van der Waals surface area contributed by atoms with Crippen LogP contribution in [0.1, 0.15) is 71.6 Å². The van der Waals surface area contributed by atoms with Crippen molar-refractivity contribution in [1.29, 1.82) is 0 Å². The van der Waals surface area contributed by atoms with Gasteiger partial charge in [-0.25, -0.2) is 0 Å². The van der Waals surface area contributed by atoms with Gasteiger partial charge in [0.05, 0.1) is 0 Å². The summed E-state index contributed by atoms with van der Waals surface area (Å²) in [6.07, 6.45) is 12.9. The van der Waals surface area contributed by atoms with E-state index in [4.69, 9.17) is 0 Å². The highest BCUT2D eigenvalue weighted by atomic mass is 14.9. The lowest BCUT2D eigenvalue weighted by Gasteiger charge is -2.22. The third-order valence-corrected chi connectivity index (χ3v) is 3.77. The Morgan fingerprint density at radius 3 is 2.27 bits per heavy atom. The van der Waals surface area contributed by atoms with Crippen LogP contribution in [0.2, 0.25) is 0 Å². The summed E-state index contributed by atoms with van der Waals surface area (Å²) in [4.78, 5) is 0. The SMILES string of the molecule is CCCNC(CC)CC1CCCCCC1. The van der Waals surface area contributed by atoms with Gasteiger partial charge in [-0.15, -0.1) is 0 Å². The fraction of sp³-hybridized carbons (Fsp3) is 1.00. The van der Waals surface area contributed by atoms with Crippen molar-refractivity contribution in [3.05, 3.63) is 0 Å². The van der Waals surface area contributed by atoms with Crippen LogP contribution in [0.15, 0.2) is 0 Å².